The summed E-state index contributed by atoms with van der Waals surface area (Å²) in [6.07, 6.45) is 7.11. The highest BCUT2D eigenvalue weighted by atomic mass is 32.2. The second-order valence-electron chi connectivity index (χ2n) is 6.69. The van der Waals surface area contributed by atoms with Crippen molar-refractivity contribution in [3.63, 3.8) is 0 Å². The molecule has 0 saturated carbocycles. The zero-order valence-corrected chi connectivity index (χ0v) is 16.0. The molecule has 2 aromatic rings. The van der Waals surface area contributed by atoms with Gasteiger partial charge < -0.3 is 19.9 Å². The Balaban J connectivity index is 1.51. The smallest absolute Gasteiger partial charge is 0.261 e. The lowest BCUT2D eigenvalue weighted by atomic mass is 9.99. The van der Waals surface area contributed by atoms with Gasteiger partial charge in [0.25, 0.3) is 5.56 Å². The molecule has 2 aliphatic heterocycles. The fourth-order valence-corrected chi connectivity index (χ4v) is 3.91. The Labute approximate surface area is 165 Å². The van der Waals surface area contributed by atoms with Crippen LogP contribution in [0.1, 0.15) is 18.7 Å². The summed E-state index contributed by atoms with van der Waals surface area (Å²) in [4.78, 5) is 25.2. The predicted molar refractivity (Wildman–Crippen MR) is 106 cm³/mol. The topological polar surface area (TPSA) is 88.3 Å². The SMILES string of the molecule is O=c1[nH]c(CSC2=CNOC=C2)nc2cc(OCC3CCNCC3)cc(F)c12. The van der Waals surface area contributed by atoms with Gasteiger partial charge in [0.2, 0.25) is 0 Å². The molecule has 148 valence electrons. The number of allylic oxidation sites excluding steroid dienone is 1. The summed E-state index contributed by atoms with van der Waals surface area (Å²) in [6.45, 7) is 2.49. The molecule has 0 amide bonds. The highest BCUT2D eigenvalue weighted by Crippen LogP contribution is 2.25. The molecular weight excluding hydrogens is 383 g/mol. The summed E-state index contributed by atoms with van der Waals surface area (Å²) < 4.78 is 20.3. The molecule has 9 heteroatoms. The predicted octanol–water partition coefficient (Wildman–Crippen LogP) is 2.56. The number of halogens is 1. The summed E-state index contributed by atoms with van der Waals surface area (Å²) in [5.74, 6) is 1.14. The average Bonchev–Trinajstić information content (AvgIpc) is 2.72. The summed E-state index contributed by atoms with van der Waals surface area (Å²) in [6, 6.07) is 2.90. The van der Waals surface area contributed by atoms with Crippen LogP contribution >= 0.6 is 11.8 Å². The largest absolute Gasteiger partial charge is 0.493 e. The van der Waals surface area contributed by atoms with Crippen LogP contribution in [-0.4, -0.2) is 29.7 Å². The van der Waals surface area contributed by atoms with E-state index in [4.69, 9.17) is 9.57 Å². The number of benzene rings is 1. The molecule has 1 fully saturated rings. The summed E-state index contributed by atoms with van der Waals surface area (Å²) >= 11 is 1.47. The number of aromatic nitrogens is 2. The molecule has 1 saturated heterocycles. The van der Waals surface area contributed by atoms with Crippen LogP contribution in [0.4, 0.5) is 4.39 Å². The van der Waals surface area contributed by atoms with Gasteiger partial charge in [-0.2, -0.15) is 0 Å². The van der Waals surface area contributed by atoms with Gasteiger partial charge in [0, 0.05) is 23.2 Å². The van der Waals surface area contributed by atoms with Crippen molar-refractivity contribution in [2.75, 3.05) is 19.7 Å². The molecule has 0 spiro atoms. The van der Waals surface area contributed by atoms with Crippen molar-refractivity contribution in [3.05, 3.63) is 57.6 Å². The first-order valence-electron chi connectivity index (χ1n) is 9.16. The third kappa shape index (κ3) is 4.48. The molecular formula is C19H21FN4O3S. The van der Waals surface area contributed by atoms with Crippen LogP contribution in [0.25, 0.3) is 10.9 Å². The molecule has 7 nitrogen and oxygen atoms in total. The van der Waals surface area contributed by atoms with Crippen molar-refractivity contribution < 1.29 is 14.0 Å². The van der Waals surface area contributed by atoms with Crippen LogP contribution < -0.4 is 21.1 Å². The average molecular weight is 404 g/mol. The molecule has 4 rings (SSSR count). The van der Waals surface area contributed by atoms with E-state index in [0.29, 0.717) is 35.4 Å². The van der Waals surface area contributed by atoms with Gasteiger partial charge in [-0.25, -0.2) is 14.9 Å². The van der Waals surface area contributed by atoms with Gasteiger partial charge in [0.15, 0.2) is 0 Å². The molecule has 1 aromatic heterocycles. The Hall–Kier alpha value is -2.52. The number of thioether (sulfide) groups is 1. The molecule has 0 aliphatic carbocycles. The molecule has 3 heterocycles. The minimum absolute atomic E-state index is 0.0465. The first-order valence-corrected chi connectivity index (χ1v) is 10.1. The van der Waals surface area contributed by atoms with Gasteiger partial charge >= 0.3 is 0 Å². The molecule has 28 heavy (non-hydrogen) atoms. The van der Waals surface area contributed by atoms with E-state index in [9.17, 15) is 9.18 Å². The fourth-order valence-electron chi connectivity index (χ4n) is 3.18. The Morgan fingerprint density at radius 3 is 2.96 bits per heavy atom. The van der Waals surface area contributed by atoms with Crippen molar-refractivity contribution >= 4 is 22.7 Å². The van der Waals surface area contributed by atoms with Gasteiger partial charge in [-0.3, -0.25) is 4.79 Å². The van der Waals surface area contributed by atoms with Crippen molar-refractivity contribution in [1.82, 2.24) is 20.8 Å². The maximum Gasteiger partial charge on any atom is 0.261 e. The van der Waals surface area contributed by atoms with E-state index in [1.807, 2.05) is 0 Å². The van der Waals surface area contributed by atoms with Crippen molar-refractivity contribution in [3.8, 4) is 5.75 Å². The summed E-state index contributed by atoms with van der Waals surface area (Å²) in [7, 11) is 0. The van der Waals surface area contributed by atoms with Crippen LogP contribution in [0, 0.1) is 11.7 Å². The summed E-state index contributed by atoms with van der Waals surface area (Å²) in [5, 5.41) is 3.26. The van der Waals surface area contributed by atoms with Crippen molar-refractivity contribution in [1.29, 1.82) is 0 Å². The molecule has 2 aliphatic rings. The molecule has 1 aromatic carbocycles. The van der Waals surface area contributed by atoms with Crippen molar-refractivity contribution in [2.24, 2.45) is 5.92 Å². The van der Waals surface area contributed by atoms with Gasteiger partial charge in [-0.15, -0.1) is 11.8 Å². The van der Waals surface area contributed by atoms with Gasteiger partial charge in [0.1, 0.15) is 29.0 Å². The Kier molecular flexibility index (Phi) is 5.82. The second-order valence-corrected chi connectivity index (χ2v) is 7.74. The van der Waals surface area contributed by atoms with E-state index in [-0.39, 0.29) is 5.39 Å². The van der Waals surface area contributed by atoms with Crippen LogP contribution in [0.15, 0.2) is 40.4 Å². The van der Waals surface area contributed by atoms with Gasteiger partial charge in [0.05, 0.1) is 17.9 Å². The maximum absolute atomic E-state index is 14.5. The summed E-state index contributed by atoms with van der Waals surface area (Å²) in [5.41, 5.74) is 2.45. The quantitative estimate of drug-likeness (QED) is 0.682. The zero-order chi connectivity index (χ0) is 19.3. The van der Waals surface area contributed by atoms with E-state index in [2.05, 4.69) is 20.8 Å². The Bertz CT molecular complexity index is 970. The van der Waals surface area contributed by atoms with Gasteiger partial charge in [-0.05, 0) is 37.9 Å². The number of fused-ring (bicyclic) bond motifs is 1. The molecule has 0 radical (unpaired) electrons. The number of aromatic amines is 1. The number of H-pyrrole nitrogens is 1. The van der Waals surface area contributed by atoms with E-state index in [1.165, 1.54) is 24.1 Å². The van der Waals surface area contributed by atoms with Crippen LogP contribution in [-0.2, 0) is 10.6 Å². The number of nitrogens with one attached hydrogen (secondary N) is 3. The first-order chi connectivity index (χ1) is 13.7. The van der Waals surface area contributed by atoms with Crippen LogP contribution in [0.5, 0.6) is 5.75 Å². The molecule has 0 bridgehead atoms. The standard InChI is InChI=1S/C19H21FN4O3S/c20-15-7-13(26-10-12-1-4-21-5-2-12)8-16-18(15)19(25)24-17(23-16)11-28-14-3-6-27-22-9-14/h3,6-9,12,21-22H,1-2,4-5,10-11H2,(H,23,24,25). The molecule has 3 N–H and O–H groups in total. The number of nitrogens with zero attached hydrogens (tertiary/aromatic N) is 1. The highest BCUT2D eigenvalue weighted by molar-refractivity contribution is 8.02. The first kappa shape index (κ1) is 18.8. The lowest BCUT2D eigenvalue weighted by Crippen LogP contribution is -2.30. The fraction of sp³-hybridized carbons (Fsp3) is 0.368. The molecule has 0 unspecified atom stereocenters. The number of hydroxylamine groups is 1. The number of hydrogen-bond acceptors (Lipinski definition) is 7. The van der Waals surface area contributed by atoms with E-state index < -0.39 is 11.4 Å². The third-order valence-corrected chi connectivity index (χ3v) is 5.68. The maximum atomic E-state index is 14.5. The van der Waals surface area contributed by atoms with E-state index in [0.717, 1.165) is 30.8 Å². The monoisotopic (exact) mass is 404 g/mol. The lowest BCUT2D eigenvalue weighted by molar-refractivity contribution is 0.172. The second kappa shape index (κ2) is 8.66. The zero-order valence-electron chi connectivity index (χ0n) is 15.2. The minimum atomic E-state index is -0.620. The van der Waals surface area contributed by atoms with Crippen LogP contribution in [0.3, 0.4) is 0 Å². The minimum Gasteiger partial charge on any atom is -0.493 e. The molecule has 0 atom stereocenters. The lowest BCUT2D eigenvalue weighted by Gasteiger charge is -2.22. The number of ether oxygens (including phenoxy) is 1. The van der Waals surface area contributed by atoms with Gasteiger partial charge in [-0.1, -0.05) is 0 Å². The Morgan fingerprint density at radius 1 is 1.32 bits per heavy atom. The number of hydrogen-bond donors (Lipinski definition) is 3. The van der Waals surface area contributed by atoms with E-state index >= 15 is 0 Å². The van der Waals surface area contributed by atoms with Crippen LogP contribution in [0.2, 0.25) is 0 Å². The highest BCUT2D eigenvalue weighted by Gasteiger charge is 2.16. The number of piperidine rings is 1. The Morgan fingerprint density at radius 2 is 2.18 bits per heavy atom. The third-order valence-electron chi connectivity index (χ3n) is 4.67. The van der Waals surface area contributed by atoms with Crippen molar-refractivity contribution in [2.45, 2.75) is 18.6 Å². The number of rotatable bonds is 6. The van der Waals surface area contributed by atoms with E-state index in [1.54, 1.807) is 18.3 Å². The normalized spacial score (nSPS) is 17.1.